The molecule has 0 aliphatic rings. The fourth-order valence-corrected chi connectivity index (χ4v) is 3.89. The molecule has 0 atom stereocenters. The molecule has 5 heteroatoms. The molecule has 0 fully saturated rings. The Bertz CT molecular complexity index is 1160. The first kappa shape index (κ1) is 18.7. The van der Waals surface area contributed by atoms with Gasteiger partial charge in [0.25, 0.3) is 0 Å². The standard InChI is InChI=1S/C23H18Cl2N2O/c1-14-5-2-3-6-15(14)10-12-21(28)16-9-11-19-20(13-16)27-23(26-19)22-17(24)7-4-8-18(22)25/h2-9,11,13H,10,12H2,1H3,(H,26,27). The fraction of sp³-hybridized carbons (Fsp3) is 0.130. The number of fused-ring (bicyclic) bond motifs is 1. The molecule has 4 aromatic rings. The number of aryl methyl sites for hydroxylation is 2. The van der Waals surface area contributed by atoms with Crippen LogP contribution in [0.1, 0.15) is 27.9 Å². The number of imidazole rings is 1. The molecule has 0 radical (unpaired) electrons. The van der Waals surface area contributed by atoms with Crippen LogP contribution >= 0.6 is 23.2 Å². The van der Waals surface area contributed by atoms with E-state index in [1.165, 1.54) is 11.1 Å². The van der Waals surface area contributed by atoms with Crippen molar-refractivity contribution in [1.82, 2.24) is 9.97 Å². The van der Waals surface area contributed by atoms with E-state index in [2.05, 4.69) is 29.0 Å². The number of rotatable bonds is 5. The highest BCUT2D eigenvalue weighted by Gasteiger charge is 2.14. The number of hydrogen-bond acceptors (Lipinski definition) is 2. The van der Waals surface area contributed by atoms with E-state index in [4.69, 9.17) is 23.2 Å². The Morgan fingerprint density at radius 1 is 1.00 bits per heavy atom. The summed E-state index contributed by atoms with van der Waals surface area (Å²) < 4.78 is 0. The number of benzene rings is 3. The molecule has 1 aromatic heterocycles. The zero-order valence-electron chi connectivity index (χ0n) is 15.3. The van der Waals surface area contributed by atoms with Gasteiger partial charge in [0.05, 0.1) is 26.6 Å². The van der Waals surface area contributed by atoms with E-state index in [0.717, 1.165) is 17.5 Å². The van der Waals surface area contributed by atoms with Gasteiger partial charge in [-0.15, -0.1) is 0 Å². The topological polar surface area (TPSA) is 45.8 Å². The van der Waals surface area contributed by atoms with E-state index in [0.29, 0.717) is 33.4 Å². The maximum absolute atomic E-state index is 12.7. The van der Waals surface area contributed by atoms with Crippen molar-refractivity contribution in [2.24, 2.45) is 0 Å². The summed E-state index contributed by atoms with van der Waals surface area (Å²) in [6.45, 7) is 2.07. The number of aromatic amines is 1. The van der Waals surface area contributed by atoms with Crippen LogP contribution in [-0.4, -0.2) is 15.8 Å². The molecular weight excluding hydrogens is 391 g/mol. The van der Waals surface area contributed by atoms with Crippen molar-refractivity contribution in [2.75, 3.05) is 0 Å². The summed E-state index contributed by atoms with van der Waals surface area (Å²) in [5, 5.41) is 1.06. The molecule has 1 N–H and O–H groups in total. The number of H-pyrrole nitrogens is 1. The van der Waals surface area contributed by atoms with Gasteiger partial charge in [0.15, 0.2) is 5.78 Å². The zero-order valence-corrected chi connectivity index (χ0v) is 16.8. The second-order valence-corrected chi connectivity index (χ2v) is 7.58. The predicted octanol–water partition coefficient (Wildman–Crippen LogP) is 6.66. The summed E-state index contributed by atoms with van der Waals surface area (Å²) >= 11 is 12.6. The van der Waals surface area contributed by atoms with E-state index in [1.54, 1.807) is 18.2 Å². The first-order valence-electron chi connectivity index (χ1n) is 9.05. The largest absolute Gasteiger partial charge is 0.338 e. The summed E-state index contributed by atoms with van der Waals surface area (Å²) in [5.41, 5.74) is 5.29. The van der Waals surface area contributed by atoms with Crippen molar-refractivity contribution in [2.45, 2.75) is 19.8 Å². The van der Waals surface area contributed by atoms with Gasteiger partial charge in [0, 0.05) is 12.0 Å². The smallest absolute Gasteiger partial charge is 0.163 e. The molecule has 0 spiro atoms. The average Bonchev–Trinajstić information content (AvgIpc) is 3.09. The third kappa shape index (κ3) is 3.68. The molecule has 0 saturated carbocycles. The van der Waals surface area contributed by atoms with Gasteiger partial charge in [-0.05, 0) is 54.8 Å². The first-order chi connectivity index (χ1) is 13.5. The van der Waals surface area contributed by atoms with Gasteiger partial charge < -0.3 is 4.98 Å². The molecule has 4 rings (SSSR count). The van der Waals surface area contributed by atoms with Gasteiger partial charge in [0.2, 0.25) is 0 Å². The molecule has 140 valence electrons. The molecule has 3 nitrogen and oxygen atoms in total. The van der Waals surface area contributed by atoms with Gasteiger partial charge in [-0.25, -0.2) is 4.98 Å². The lowest BCUT2D eigenvalue weighted by Crippen LogP contribution is -2.02. The van der Waals surface area contributed by atoms with Crippen molar-refractivity contribution in [1.29, 1.82) is 0 Å². The Hall–Kier alpha value is -2.62. The number of aromatic nitrogens is 2. The normalized spacial score (nSPS) is 11.1. The van der Waals surface area contributed by atoms with Crippen LogP contribution in [0.4, 0.5) is 0 Å². The molecule has 0 aliphatic carbocycles. The van der Waals surface area contributed by atoms with Crippen molar-refractivity contribution in [3.63, 3.8) is 0 Å². The highest BCUT2D eigenvalue weighted by molar-refractivity contribution is 6.39. The number of carbonyl (C=O) groups is 1. The Balaban J connectivity index is 1.60. The predicted molar refractivity (Wildman–Crippen MR) is 115 cm³/mol. The van der Waals surface area contributed by atoms with Crippen LogP contribution in [0.15, 0.2) is 60.7 Å². The maximum Gasteiger partial charge on any atom is 0.163 e. The minimum atomic E-state index is 0.108. The van der Waals surface area contributed by atoms with Crippen molar-refractivity contribution >= 4 is 40.0 Å². The first-order valence-corrected chi connectivity index (χ1v) is 9.80. The number of ketones is 1. The summed E-state index contributed by atoms with van der Waals surface area (Å²) in [6.07, 6.45) is 1.20. The summed E-state index contributed by atoms with van der Waals surface area (Å²) in [6, 6.07) is 19.0. The van der Waals surface area contributed by atoms with Crippen LogP contribution < -0.4 is 0 Å². The molecule has 0 amide bonds. The number of carbonyl (C=O) groups excluding carboxylic acids is 1. The van der Waals surface area contributed by atoms with Crippen molar-refractivity contribution in [3.05, 3.63) is 87.4 Å². The lowest BCUT2D eigenvalue weighted by Gasteiger charge is -2.05. The third-order valence-corrected chi connectivity index (χ3v) is 5.52. The van der Waals surface area contributed by atoms with E-state index < -0.39 is 0 Å². The molecule has 0 unspecified atom stereocenters. The lowest BCUT2D eigenvalue weighted by molar-refractivity contribution is 0.0983. The average molecular weight is 409 g/mol. The lowest BCUT2D eigenvalue weighted by atomic mass is 9.99. The Kier molecular flexibility index (Phi) is 5.21. The molecular formula is C23H18Cl2N2O. The Morgan fingerprint density at radius 2 is 1.75 bits per heavy atom. The van der Waals surface area contributed by atoms with Gasteiger partial charge in [-0.3, -0.25) is 4.79 Å². The number of Topliss-reactive ketones (excluding diaryl/α,β-unsaturated/α-hetero) is 1. The van der Waals surface area contributed by atoms with Crippen LogP contribution in [0, 0.1) is 6.92 Å². The van der Waals surface area contributed by atoms with Crippen LogP contribution in [-0.2, 0) is 6.42 Å². The van der Waals surface area contributed by atoms with Crippen LogP contribution in [0.3, 0.4) is 0 Å². The van der Waals surface area contributed by atoms with Crippen LogP contribution in [0.5, 0.6) is 0 Å². The second kappa shape index (κ2) is 7.78. The zero-order chi connectivity index (χ0) is 19.7. The molecule has 3 aromatic carbocycles. The summed E-state index contributed by atoms with van der Waals surface area (Å²) in [4.78, 5) is 20.5. The maximum atomic E-state index is 12.7. The van der Waals surface area contributed by atoms with Gasteiger partial charge in [-0.1, -0.05) is 53.5 Å². The minimum absolute atomic E-state index is 0.108. The van der Waals surface area contributed by atoms with Crippen LogP contribution in [0.2, 0.25) is 10.0 Å². The molecule has 28 heavy (non-hydrogen) atoms. The highest BCUT2D eigenvalue weighted by atomic mass is 35.5. The summed E-state index contributed by atoms with van der Waals surface area (Å²) in [7, 11) is 0. The van der Waals surface area contributed by atoms with E-state index >= 15 is 0 Å². The van der Waals surface area contributed by atoms with E-state index in [9.17, 15) is 4.79 Å². The molecule has 0 saturated heterocycles. The van der Waals surface area contributed by atoms with E-state index in [1.807, 2.05) is 30.3 Å². The van der Waals surface area contributed by atoms with Gasteiger partial charge >= 0.3 is 0 Å². The molecule has 0 bridgehead atoms. The third-order valence-electron chi connectivity index (χ3n) is 4.89. The minimum Gasteiger partial charge on any atom is -0.338 e. The van der Waals surface area contributed by atoms with Crippen LogP contribution in [0.25, 0.3) is 22.4 Å². The number of nitrogens with zero attached hydrogens (tertiary/aromatic N) is 1. The SMILES string of the molecule is Cc1ccccc1CCC(=O)c1ccc2nc(-c3c(Cl)cccc3Cl)[nH]c2c1. The highest BCUT2D eigenvalue weighted by Crippen LogP contribution is 2.34. The van der Waals surface area contributed by atoms with Gasteiger partial charge in [-0.2, -0.15) is 0 Å². The fourth-order valence-electron chi connectivity index (χ4n) is 3.31. The number of halogens is 2. The Morgan fingerprint density at radius 3 is 2.50 bits per heavy atom. The summed E-state index contributed by atoms with van der Waals surface area (Å²) in [5.74, 6) is 0.701. The molecule has 1 heterocycles. The monoisotopic (exact) mass is 408 g/mol. The van der Waals surface area contributed by atoms with Crippen molar-refractivity contribution in [3.8, 4) is 11.4 Å². The molecule has 0 aliphatic heterocycles. The second-order valence-electron chi connectivity index (χ2n) is 6.76. The van der Waals surface area contributed by atoms with Crippen molar-refractivity contribution < 1.29 is 4.79 Å². The number of hydrogen-bond donors (Lipinski definition) is 1. The Labute approximate surface area is 173 Å². The van der Waals surface area contributed by atoms with E-state index in [-0.39, 0.29) is 5.78 Å². The number of nitrogens with one attached hydrogen (secondary N) is 1. The quantitative estimate of drug-likeness (QED) is 0.375. The van der Waals surface area contributed by atoms with Gasteiger partial charge in [0.1, 0.15) is 5.82 Å².